The number of halogens is 1. The second kappa shape index (κ2) is 24.8. The smallest absolute Gasteiger partial charge is 0.143 e. The number of rotatable bonds is 27. The molecular formula is C48H62ClNO2. The molecule has 0 aliphatic carbocycles. The van der Waals surface area contributed by atoms with E-state index < -0.39 is 5.60 Å². The molecule has 0 radical (unpaired) electrons. The summed E-state index contributed by atoms with van der Waals surface area (Å²) in [5.74, 6) is 0. The van der Waals surface area contributed by atoms with E-state index in [1.54, 1.807) is 6.07 Å². The standard InChI is InChI=1S/C48H62ClNO2/c1-2-3-4-5-6-7-8-9-10-11-12-13-14-15-16-17-27-34-47(51-39-42-35-41(38-50)36-46(49)37-42)40-52-48(43-28-21-18-22-29-43,44-30-23-19-24-31-44)45-32-25-20-26-33-45/h18-26,28-33,35-37,47H,2-17,27,34,39-40H2,1H3. The molecule has 0 aliphatic heterocycles. The minimum absolute atomic E-state index is 0.128. The normalized spacial score (nSPS) is 12.1. The predicted molar refractivity (Wildman–Crippen MR) is 219 cm³/mol. The molecule has 1 atom stereocenters. The lowest BCUT2D eigenvalue weighted by Gasteiger charge is -2.37. The molecule has 0 saturated heterocycles. The van der Waals surface area contributed by atoms with E-state index in [0.717, 1.165) is 35.1 Å². The first-order valence-electron chi connectivity index (χ1n) is 20.3. The van der Waals surface area contributed by atoms with Gasteiger partial charge in [0.15, 0.2) is 0 Å². The molecule has 1 unspecified atom stereocenters. The first-order valence-corrected chi connectivity index (χ1v) is 20.6. The molecular weight excluding hydrogens is 658 g/mol. The van der Waals surface area contributed by atoms with Gasteiger partial charge in [-0.05, 0) is 46.9 Å². The Kier molecular flexibility index (Phi) is 19.7. The van der Waals surface area contributed by atoms with E-state index in [0.29, 0.717) is 23.8 Å². The fraction of sp³-hybridized carbons (Fsp3) is 0.479. The van der Waals surface area contributed by atoms with Crippen molar-refractivity contribution in [2.75, 3.05) is 6.61 Å². The van der Waals surface area contributed by atoms with Crippen LogP contribution < -0.4 is 0 Å². The van der Waals surface area contributed by atoms with Gasteiger partial charge in [0.2, 0.25) is 0 Å². The number of unbranched alkanes of at least 4 members (excludes halogenated alkanes) is 16. The maximum atomic E-state index is 9.51. The molecule has 0 saturated carbocycles. The van der Waals surface area contributed by atoms with Gasteiger partial charge in [-0.25, -0.2) is 0 Å². The van der Waals surface area contributed by atoms with Crippen molar-refractivity contribution in [2.24, 2.45) is 0 Å². The van der Waals surface area contributed by atoms with Gasteiger partial charge < -0.3 is 9.47 Å². The van der Waals surface area contributed by atoms with Gasteiger partial charge in [-0.3, -0.25) is 0 Å². The van der Waals surface area contributed by atoms with Crippen molar-refractivity contribution >= 4 is 11.6 Å². The van der Waals surface area contributed by atoms with Gasteiger partial charge in [-0.1, -0.05) is 219 Å². The Morgan fingerprint density at radius 2 is 1.00 bits per heavy atom. The summed E-state index contributed by atoms with van der Waals surface area (Å²) in [6, 6.07) is 39.2. The molecule has 4 aromatic rings. The fourth-order valence-corrected chi connectivity index (χ4v) is 7.57. The van der Waals surface area contributed by atoms with Crippen molar-refractivity contribution in [2.45, 2.75) is 141 Å². The van der Waals surface area contributed by atoms with Gasteiger partial charge in [-0.15, -0.1) is 0 Å². The first-order chi connectivity index (χ1) is 25.7. The van der Waals surface area contributed by atoms with Crippen LogP contribution in [0.2, 0.25) is 5.02 Å². The number of ether oxygens (including phenoxy) is 2. The number of hydrogen-bond donors (Lipinski definition) is 0. The molecule has 0 fully saturated rings. The summed E-state index contributed by atoms with van der Waals surface area (Å²) >= 11 is 6.35. The topological polar surface area (TPSA) is 42.2 Å². The Labute approximate surface area is 320 Å². The van der Waals surface area contributed by atoms with Crippen LogP contribution in [0, 0.1) is 11.3 Å². The molecule has 0 aromatic heterocycles. The van der Waals surface area contributed by atoms with E-state index in [1.165, 1.54) is 103 Å². The summed E-state index contributed by atoms with van der Waals surface area (Å²) in [6.07, 6.45) is 23.8. The zero-order chi connectivity index (χ0) is 36.5. The SMILES string of the molecule is CCCCCCCCCCCCCCCCCCCC(COC(c1ccccc1)(c1ccccc1)c1ccccc1)OCc1cc(Cl)cc(C#N)c1. The number of nitriles is 1. The molecule has 52 heavy (non-hydrogen) atoms. The van der Waals surface area contributed by atoms with E-state index in [9.17, 15) is 5.26 Å². The van der Waals surface area contributed by atoms with E-state index in [2.05, 4.69) is 104 Å². The van der Waals surface area contributed by atoms with Crippen molar-refractivity contribution in [3.05, 3.63) is 142 Å². The van der Waals surface area contributed by atoms with Gasteiger partial charge in [-0.2, -0.15) is 5.26 Å². The van der Waals surface area contributed by atoms with E-state index in [-0.39, 0.29) is 6.10 Å². The maximum Gasteiger partial charge on any atom is 0.143 e. The van der Waals surface area contributed by atoms with Crippen molar-refractivity contribution < 1.29 is 9.47 Å². The molecule has 0 amide bonds. The Balaban J connectivity index is 1.32. The van der Waals surface area contributed by atoms with Crippen LogP contribution in [-0.2, 0) is 21.7 Å². The van der Waals surface area contributed by atoms with Crippen molar-refractivity contribution in [3.63, 3.8) is 0 Å². The van der Waals surface area contributed by atoms with Gasteiger partial charge >= 0.3 is 0 Å². The third kappa shape index (κ3) is 14.2. The van der Waals surface area contributed by atoms with Gasteiger partial charge in [0.1, 0.15) is 5.60 Å². The highest BCUT2D eigenvalue weighted by Crippen LogP contribution is 2.41. The number of hydrogen-bond acceptors (Lipinski definition) is 3. The monoisotopic (exact) mass is 719 g/mol. The van der Waals surface area contributed by atoms with Crippen LogP contribution in [0.4, 0.5) is 0 Å². The molecule has 4 aromatic carbocycles. The summed E-state index contributed by atoms with van der Waals surface area (Å²) in [5.41, 5.74) is 3.89. The average molecular weight is 720 g/mol. The van der Waals surface area contributed by atoms with Gasteiger partial charge in [0, 0.05) is 5.02 Å². The molecule has 0 heterocycles. The second-order valence-corrected chi connectivity index (χ2v) is 14.9. The van der Waals surface area contributed by atoms with Crippen LogP contribution >= 0.6 is 11.6 Å². The van der Waals surface area contributed by atoms with E-state index >= 15 is 0 Å². The van der Waals surface area contributed by atoms with Crippen LogP contribution in [0.25, 0.3) is 0 Å². The summed E-state index contributed by atoms with van der Waals surface area (Å²) < 4.78 is 13.8. The van der Waals surface area contributed by atoms with Crippen LogP contribution in [0.1, 0.15) is 150 Å². The Morgan fingerprint density at radius 1 is 0.577 bits per heavy atom. The molecule has 0 N–H and O–H groups in total. The molecule has 0 aliphatic rings. The summed E-state index contributed by atoms with van der Waals surface area (Å²) in [4.78, 5) is 0. The summed E-state index contributed by atoms with van der Waals surface area (Å²) in [7, 11) is 0. The van der Waals surface area contributed by atoms with Crippen LogP contribution in [0.15, 0.2) is 109 Å². The Morgan fingerprint density at radius 3 is 1.42 bits per heavy atom. The van der Waals surface area contributed by atoms with Crippen LogP contribution in [0.5, 0.6) is 0 Å². The third-order valence-corrected chi connectivity index (χ3v) is 10.4. The summed E-state index contributed by atoms with van der Waals surface area (Å²) in [6.45, 7) is 3.08. The second-order valence-electron chi connectivity index (χ2n) is 14.4. The molecule has 0 spiro atoms. The quantitative estimate of drug-likeness (QED) is 0.0455. The minimum Gasteiger partial charge on any atom is -0.371 e. The predicted octanol–water partition coefficient (Wildman–Crippen LogP) is 14.1. The molecule has 3 nitrogen and oxygen atoms in total. The lowest BCUT2D eigenvalue weighted by Crippen LogP contribution is -2.36. The van der Waals surface area contributed by atoms with Crippen molar-refractivity contribution in [3.8, 4) is 6.07 Å². The average Bonchev–Trinajstić information content (AvgIpc) is 3.19. The van der Waals surface area contributed by atoms with E-state index in [1.807, 2.05) is 12.1 Å². The largest absolute Gasteiger partial charge is 0.371 e. The highest BCUT2D eigenvalue weighted by Gasteiger charge is 2.38. The van der Waals surface area contributed by atoms with E-state index in [4.69, 9.17) is 21.1 Å². The molecule has 4 heteroatoms. The lowest BCUT2D eigenvalue weighted by atomic mass is 9.80. The van der Waals surface area contributed by atoms with Gasteiger partial charge in [0.05, 0.1) is 31.0 Å². The number of benzene rings is 4. The van der Waals surface area contributed by atoms with Gasteiger partial charge in [0.25, 0.3) is 0 Å². The maximum absolute atomic E-state index is 9.51. The Bertz CT molecular complexity index is 1440. The highest BCUT2D eigenvalue weighted by molar-refractivity contribution is 6.30. The third-order valence-electron chi connectivity index (χ3n) is 10.2. The Hall–Kier alpha value is -3.42. The lowest BCUT2D eigenvalue weighted by molar-refractivity contribution is -0.0731. The summed E-state index contributed by atoms with van der Waals surface area (Å²) in [5, 5.41) is 10.1. The zero-order valence-corrected chi connectivity index (χ0v) is 32.5. The van der Waals surface area contributed by atoms with Crippen molar-refractivity contribution in [1.82, 2.24) is 0 Å². The highest BCUT2D eigenvalue weighted by atomic mass is 35.5. The first kappa shape index (κ1) is 41.3. The van der Waals surface area contributed by atoms with Crippen LogP contribution in [0.3, 0.4) is 0 Å². The molecule has 4 rings (SSSR count). The molecule has 0 bridgehead atoms. The fourth-order valence-electron chi connectivity index (χ4n) is 7.31. The minimum atomic E-state index is -0.802. The molecule has 278 valence electrons. The van der Waals surface area contributed by atoms with Crippen molar-refractivity contribution in [1.29, 1.82) is 5.26 Å². The van der Waals surface area contributed by atoms with Crippen LogP contribution in [-0.4, -0.2) is 12.7 Å². The zero-order valence-electron chi connectivity index (χ0n) is 31.8. The number of nitrogens with zero attached hydrogens (tertiary/aromatic N) is 1.